The van der Waals surface area contributed by atoms with E-state index in [0.29, 0.717) is 13.0 Å². The van der Waals surface area contributed by atoms with Crippen LogP contribution in [0.1, 0.15) is 33.6 Å². The lowest BCUT2D eigenvalue weighted by atomic mass is 9.95. The Kier molecular flexibility index (Phi) is 7.18. The summed E-state index contributed by atoms with van der Waals surface area (Å²) in [4.78, 5) is 14.2. The third kappa shape index (κ3) is 5.56. The standard InChI is InChI=1S/C17H29N3O2/c1-5-17(3,11-12-21)19-16(22)18-13-14(2)20(4)15-9-7-6-8-10-15/h6-10,14,21H,5,11-13H2,1-4H3,(H2,18,19,22). The maximum absolute atomic E-state index is 12.0. The third-order valence-corrected chi connectivity index (χ3v) is 4.24. The van der Waals surface area contributed by atoms with Gasteiger partial charge in [-0.2, -0.15) is 0 Å². The maximum Gasteiger partial charge on any atom is 0.315 e. The van der Waals surface area contributed by atoms with Crippen LogP contribution in [0.4, 0.5) is 10.5 Å². The van der Waals surface area contributed by atoms with Gasteiger partial charge in [0.1, 0.15) is 0 Å². The number of aliphatic hydroxyl groups is 1. The summed E-state index contributed by atoms with van der Waals surface area (Å²) in [5, 5.41) is 14.9. The summed E-state index contributed by atoms with van der Waals surface area (Å²) >= 11 is 0. The van der Waals surface area contributed by atoms with Crippen LogP contribution in [0, 0.1) is 0 Å². The van der Waals surface area contributed by atoms with Crippen molar-refractivity contribution >= 4 is 11.7 Å². The molecule has 0 saturated carbocycles. The molecule has 0 aliphatic rings. The topological polar surface area (TPSA) is 64.6 Å². The molecule has 0 radical (unpaired) electrons. The number of benzene rings is 1. The highest BCUT2D eigenvalue weighted by molar-refractivity contribution is 5.74. The van der Waals surface area contributed by atoms with Crippen molar-refractivity contribution in [2.75, 3.05) is 25.1 Å². The molecule has 3 N–H and O–H groups in total. The van der Waals surface area contributed by atoms with Gasteiger partial charge in [0.15, 0.2) is 0 Å². The fraction of sp³-hybridized carbons (Fsp3) is 0.588. The van der Waals surface area contributed by atoms with Crippen LogP contribution < -0.4 is 15.5 Å². The molecule has 22 heavy (non-hydrogen) atoms. The first-order valence-electron chi connectivity index (χ1n) is 7.86. The predicted octanol–water partition coefficient (Wildman–Crippen LogP) is 2.36. The molecule has 0 spiro atoms. The lowest BCUT2D eigenvalue weighted by molar-refractivity contribution is 0.200. The molecule has 0 saturated heterocycles. The van der Waals surface area contributed by atoms with E-state index in [1.807, 2.05) is 51.2 Å². The van der Waals surface area contributed by atoms with Gasteiger partial charge in [-0.15, -0.1) is 0 Å². The van der Waals surface area contributed by atoms with Crippen molar-refractivity contribution in [3.63, 3.8) is 0 Å². The van der Waals surface area contributed by atoms with Crippen molar-refractivity contribution in [1.29, 1.82) is 0 Å². The summed E-state index contributed by atoms with van der Waals surface area (Å²) in [6.07, 6.45) is 1.33. The predicted molar refractivity (Wildman–Crippen MR) is 91.2 cm³/mol. The second kappa shape index (κ2) is 8.63. The molecule has 0 bridgehead atoms. The van der Waals surface area contributed by atoms with Crippen molar-refractivity contribution in [2.45, 2.75) is 45.2 Å². The largest absolute Gasteiger partial charge is 0.396 e. The number of anilines is 1. The van der Waals surface area contributed by atoms with E-state index in [1.54, 1.807) is 0 Å². The molecule has 0 aliphatic carbocycles. The summed E-state index contributed by atoms with van der Waals surface area (Å²) in [5.74, 6) is 0. The van der Waals surface area contributed by atoms with Crippen molar-refractivity contribution < 1.29 is 9.90 Å². The summed E-state index contributed by atoms with van der Waals surface area (Å²) in [5.41, 5.74) is 0.754. The summed E-state index contributed by atoms with van der Waals surface area (Å²) in [6, 6.07) is 10.1. The van der Waals surface area contributed by atoms with Gasteiger partial charge in [0, 0.05) is 37.5 Å². The molecule has 0 aliphatic heterocycles. The number of para-hydroxylation sites is 1. The molecule has 1 aromatic rings. The van der Waals surface area contributed by atoms with Gasteiger partial charge in [-0.3, -0.25) is 0 Å². The molecule has 1 rings (SSSR count). The summed E-state index contributed by atoms with van der Waals surface area (Å²) < 4.78 is 0. The zero-order valence-corrected chi connectivity index (χ0v) is 14.1. The number of urea groups is 1. The Morgan fingerprint density at radius 2 is 2.00 bits per heavy atom. The second-order valence-electron chi connectivity index (χ2n) is 6.02. The molecule has 0 fully saturated rings. The van der Waals surface area contributed by atoms with Gasteiger partial charge in [0.2, 0.25) is 0 Å². The molecule has 124 valence electrons. The average Bonchev–Trinajstić information content (AvgIpc) is 2.53. The number of hydrogen-bond donors (Lipinski definition) is 3. The van der Waals surface area contributed by atoms with Crippen LogP contribution in [0.3, 0.4) is 0 Å². The van der Waals surface area contributed by atoms with Crippen LogP contribution in [0.2, 0.25) is 0 Å². The van der Waals surface area contributed by atoms with Crippen LogP contribution in [0.15, 0.2) is 30.3 Å². The SMILES string of the molecule is CCC(C)(CCO)NC(=O)NCC(C)N(C)c1ccccc1. The Hall–Kier alpha value is -1.75. The van der Waals surface area contributed by atoms with Gasteiger partial charge in [-0.25, -0.2) is 4.79 Å². The second-order valence-corrected chi connectivity index (χ2v) is 6.02. The van der Waals surface area contributed by atoms with Crippen molar-refractivity contribution in [3.05, 3.63) is 30.3 Å². The normalized spacial score (nSPS) is 14.8. The molecule has 5 heteroatoms. The number of carbonyl (C=O) groups excluding carboxylic acids is 1. The number of likely N-dealkylation sites (N-methyl/N-ethyl adjacent to an activating group) is 1. The monoisotopic (exact) mass is 307 g/mol. The van der Waals surface area contributed by atoms with E-state index in [0.717, 1.165) is 12.1 Å². The fourth-order valence-electron chi connectivity index (χ4n) is 2.19. The number of nitrogens with zero attached hydrogens (tertiary/aromatic N) is 1. The first-order valence-corrected chi connectivity index (χ1v) is 7.86. The van der Waals surface area contributed by atoms with E-state index in [9.17, 15) is 4.79 Å². The Morgan fingerprint density at radius 1 is 1.36 bits per heavy atom. The fourth-order valence-corrected chi connectivity index (χ4v) is 2.19. The smallest absolute Gasteiger partial charge is 0.315 e. The highest BCUT2D eigenvalue weighted by Crippen LogP contribution is 2.14. The van der Waals surface area contributed by atoms with Crippen LogP contribution in [0.25, 0.3) is 0 Å². The minimum Gasteiger partial charge on any atom is -0.396 e. The van der Waals surface area contributed by atoms with E-state index < -0.39 is 0 Å². The van der Waals surface area contributed by atoms with Crippen LogP contribution in [0.5, 0.6) is 0 Å². The van der Waals surface area contributed by atoms with E-state index in [-0.39, 0.29) is 24.2 Å². The van der Waals surface area contributed by atoms with Gasteiger partial charge < -0.3 is 20.6 Å². The van der Waals surface area contributed by atoms with Gasteiger partial charge in [-0.1, -0.05) is 25.1 Å². The molecular formula is C17H29N3O2. The highest BCUT2D eigenvalue weighted by atomic mass is 16.3. The minimum absolute atomic E-state index is 0.0672. The molecule has 2 unspecified atom stereocenters. The molecular weight excluding hydrogens is 278 g/mol. The van der Waals surface area contributed by atoms with E-state index in [1.165, 1.54) is 0 Å². The third-order valence-electron chi connectivity index (χ3n) is 4.24. The van der Waals surface area contributed by atoms with Crippen LogP contribution in [-0.4, -0.2) is 42.9 Å². The van der Waals surface area contributed by atoms with Crippen molar-refractivity contribution in [1.82, 2.24) is 10.6 Å². The molecule has 1 aromatic carbocycles. The molecule has 5 nitrogen and oxygen atoms in total. The quantitative estimate of drug-likeness (QED) is 0.691. The van der Waals surface area contributed by atoms with Gasteiger partial charge >= 0.3 is 6.03 Å². The van der Waals surface area contributed by atoms with Crippen LogP contribution >= 0.6 is 0 Å². The highest BCUT2D eigenvalue weighted by Gasteiger charge is 2.23. The zero-order chi connectivity index (χ0) is 16.6. The number of rotatable bonds is 8. The molecule has 2 atom stereocenters. The Morgan fingerprint density at radius 3 is 2.55 bits per heavy atom. The summed E-state index contributed by atoms with van der Waals surface area (Å²) in [6.45, 7) is 6.64. The van der Waals surface area contributed by atoms with E-state index in [2.05, 4.69) is 22.5 Å². The first-order chi connectivity index (χ1) is 10.4. The lowest BCUT2D eigenvalue weighted by Crippen LogP contribution is -2.52. The van der Waals surface area contributed by atoms with E-state index >= 15 is 0 Å². The van der Waals surface area contributed by atoms with Gasteiger partial charge in [-0.05, 0) is 38.8 Å². The number of amides is 2. The number of hydrogen-bond acceptors (Lipinski definition) is 3. The van der Waals surface area contributed by atoms with Gasteiger partial charge in [0.05, 0.1) is 0 Å². The minimum atomic E-state index is -0.368. The van der Waals surface area contributed by atoms with Gasteiger partial charge in [0.25, 0.3) is 0 Å². The summed E-state index contributed by atoms with van der Waals surface area (Å²) in [7, 11) is 2.02. The molecule has 0 aromatic heterocycles. The Balaban J connectivity index is 2.46. The first kappa shape index (κ1) is 18.3. The molecule has 0 heterocycles. The number of carbonyl (C=O) groups is 1. The maximum atomic E-state index is 12.0. The average molecular weight is 307 g/mol. The molecule has 2 amide bonds. The Bertz CT molecular complexity index is 452. The van der Waals surface area contributed by atoms with E-state index in [4.69, 9.17) is 5.11 Å². The van der Waals surface area contributed by atoms with Crippen molar-refractivity contribution in [2.24, 2.45) is 0 Å². The zero-order valence-electron chi connectivity index (χ0n) is 14.1. The Labute approximate surface area is 133 Å². The number of aliphatic hydroxyl groups excluding tert-OH is 1. The van der Waals surface area contributed by atoms with Crippen LogP contribution in [-0.2, 0) is 0 Å². The van der Waals surface area contributed by atoms with Crippen molar-refractivity contribution in [3.8, 4) is 0 Å². The number of nitrogens with one attached hydrogen (secondary N) is 2. The lowest BCUT2D eigenvalue weighted by Gasteiger charge is -2.31.